The summed E-state index contributed by atoms with van der Waals surface area (Å²) in [5.74, 6) is -0.974. The number of nitrogens with zero attached hydrogens (tertiary/aromatic N) is 2. The summed E-state index contributed by atoms with van der Waals surface area (Å²) in [6, 6.07) is 5.10. The lowest BCUT2D eigenvalue weighted by atomic mass is 10.1. The van der Waals surface area contributed by atoms with E-state index in [1.807, 2.05) is 4.90 Å². The van der Waals surface area contributed by atoms with E-state index >= 15 is 0 Å². The van der Waals surface area contributed by atoms with Crippen molar-refractivity contribution < 1.29 is 14.7 Å². The fourth-order valence-corrected chi connectivity index (χ4v) is 2.51. The van der Waals surface area contributed by atoms with Gasteiger partial charge in [0.1, 0.15) is 0 Å². The van der Waals surface area contributed by atoms with Crippen molar-refractivity contribution in [3.05, 3.63) is 28.2 Å². The fraction of sp³-hybridized carbons (Fsp3) is 0.385. The van der Waals surface area contributed by atoms with Crippen LogP contribution >= 0.6 is 15.9 Å². The van der Waals surface area contributed by atoms with Gasteiger partial charge in [0.2, 0.25) is 5.91 Å². The van der Waals surface area contributed by atoms with Crippen LogP contribution in [0.3, 0.4) is 0 Å². The maximum Gasteiger partial charge on any atom is 0.337 e. The Morgan fingerprint density at radius 1 is 1.37 bits per heavy atom. The van der Waals surface area contributed by atoms with Gasteiger partial charge in [0, 0.05) is 24.6 Å². The van der Waals surface area contributed by atoms with E-state index in [4.69, 9.17) is 0 Å². The molecule has 1 aromatic carbocycles. The highest BCUT2D eigenvalue weighted by Crippen LogP contribution is 2.25. The van der Waals surface area contributed by atoms with Gasteiger partial charge in [-0.25, -0.2) is 4.79 Å². The third-order valence-electron chi connectivity index (χ3n) is 3.20. The van der Waals surface area contributed by atoms with Gasteiger partial charge in [0.25, 0.3) is 0 Å². The molecule has 2 rings (SSSR count). The van der Waals surface area contributed by atoms with Crippen molar-refractivity contribution in [3.8, 4) is 0 Å². The topological polar surface area (TPSA) is 60.9 Å². The third kappa shape index (κ3) is 3.07. The molecule has 1 N–H and O–H groups in total. The average Bonchev–Trinajstić information content (AvgIpc) is 2.52. The summed E-state index contributed by atoms with van der Waals surface area (Å²) >= 11 is 3.27. The SMILES string of the molecule is CN1CCCN(c2ccc(Br)cc2C(=O)O)CC1=O. The number of hydrogen-bond acceptors (Lipinski definition) is 3. The molecule has 1 aliphatic heterocycles. The predicted molar refractivity (Wildman–Crippen MR) is 75.6 cm³/mol. The predicted octanol–water partition coefficient (Wildman–Crippen LogP) is 1.82. The maximum absolute atomic E-state index is 11.9. The van der Waals surface area contributed by atoms with Crippen LogP contribution in [-0.2, 0) is 4.79 Å². The van der Waals surface area contributed by atoms with Gasteiger partial charge >= 0.3 is 5.97 Å². The molecule has 0 aliphatic carbocycles. The summed E-state index contributed by atoms with van der Waals surface area (Å²) in [6.07, 6.45) is 0.831. The number of aromatic carboxylic acids is 1. The number of anilines is 1. The largest absolute Gasteiger partial charge is 0.478 e. The summed E-state index contributed by atoms with van der Waals surface area (Å²) < 4.78 is 0.715. The first kappa shape index (κ1) is 13.9. The van der Waals surface area contributed by atoms with E-state index in [1.165, 1.54) is 0 Å². The van der Waals surface area contributed by atoms with E-state index in [2.05, 4.69) is 15.9 Å². The van der Waals surface area contributed by atoms with Crippen LogP contribution in [0.15, 0.2) is 22.7 Å². The number of carbonyl (C=O) groups excluding carboxylic acids is 1. The van der Waals surface area contributed by atoms with Crippen molar-refractivity contribution >= 4 is 33.5 Å². The van der Waals surface area contributed by atoms with Crippen LogP contribution in [0, 0.1) is 0 Å². The van der Waals surface area contributed by atoms with Gasteiger partial charge in [-0.15, -0.1) is 0 Å². The monoisotopic (exact) mass is 326 g/mol. The van der Waals surface area contributed by atoms with Crippen LogP contribution in [0.25, 0.3) is 0 Å². The average molecular weight is 327 g/mol. The fourth-order valence-electron chi connectivity index (χ4n) is 2.15. The molecule has 1 aromatic rings. The number of hydrogen-bond donors (Lipinski definition) is 1. The summed E-state index contributed by atoms with van der Waals surface area (Å²) in [5, 5.41) is 9.27. The second-order valence-electron chi connectivity index (χ2n) is 4.56. The van der Waals surface area contributed by atoms with E-state index < -0.39 is 5.97 Å². The zero-order valence-electron chi connectivity index (χ0n) is 10.6. The summed E-state index contributed by atoms with van der Waals surface area (Å²) in [5.41, 5.74) is 0.811. The molecule has 1 fully saturated rings. The first-order chi connectivity index (χ1) is 8.99. The van der Waals surface area contributed by atoms with E-state index in [9.17, 15) is 14.7 Å². The molecule has 1 amide bonds. The molecule has 6 heteroatoms. The smallest absolute Gasteiger partial charge is 0.337 e. The zero-order valence-corrected chi connectivity index (χ0v) is 12.2. The molecule has 0 atom stereocenters. The van der Waals surface area contributed by atoms with Crippen molar-refractivity contribution in [2.75, 3.05) is 31.6 Å². The molecule has 1 aliphatic rings. The molecule has 0 unspecified atom stereocenters. The molecule has 0 saturated carbocycles. The van der Waals surface area contributed by atoms with Gasteiger partial charge in [-0.05, 0) is 24.6 Å². The van der Waals surface area contributed by atoms with Crippen molar-refractivity contribution in [2.24, 2.45) is 0 Å². The Kier molecular flexibility index (Phi) is 4.09. The van der Waals surface area contributed by atoms with Gasteiger partial charge in [-0.2, -0.15) is 0 Å². The molecular formula is C13H15BrN2O3. The Bertz CT molecular complexity index is 519. The van der Waals surface area contributed by atoms with Gasteiger partial charge in [-0.1, -0.05) is 15.9 Å². The standard InChI is InChI=1S/C13H15BrN2O3/c1-15-5-2-6-16(8-12(15)17)11-4-3-9(14)7-10(11)13(18)19/h3-4,7H,2,5-6,8H2,1H3,(H,18,19). The maximum atomic E-state index is 11.9. The Balaban J connectivity index is 2.35. The first-order valence-electron chi connectivity index (χ1n) is 6.01. The first-order valence-corrected chi connectivity index (χ1v) is 6.80. The highest BCUT2D eigenvalue weighted by atomic mass is 79.9. The van der Waals surface area contributed by atoms with Gasteiger partial charge in [0.15, 0.2) is 0 Å². The number of halogens is 1. The van der Waals surface area contributed by atoms with Crippen molar-refractivity contribution in [3.63, 3.8) is 0 Å². The zero-order chi connectivity index (χ0) is 14.0. The van der Waals surface area contributed by atoms with Crippen LogP contribution in [0.5, 0.6) is 0 Å². The van der Waals surface area contributed by atoms with Crippen molar-refractivity contribution in [1.29, 1.82) is 0 Å². The van der Waals surface area contributed by atoms with Crippen LogP contribution in [0.4, 0.5) is 5.69 Å². The summed E-state index contributed by atoms with van der Waals surface area (Å²) in [7, 11) is 1.77. The van der Waals surface area contributed by atoms with E-state index in [0.29, 0.717) is 23.2 Å². The highest BCUT2D eigenvalue weighted by Gasteiger charge is 2.22. The summed E-state index contributed by atoms with van der Waals surface area (Å²) in [6.45, 7) is 1.60. The number of carbonyl (C=O) groups is 2. The lowest BCUT2D eigenvalue weighted by Crippen LogP contribution is -2.35. The second kappa shape index (κ2) is 5.61. The minimum atomic E-state index is -0.985. The lowest BCUT2D eigenvalue weighted by molar-refractivity contribution is -0.127. The minimum Gasteiger partial charge on any atom is -0.478 e. The molecule has 19 heavy (non-hydrogen) atoms. The molecule has 1 saturated heterocycles. The molecule has 102 valence electrons. The Morgan fingerprint density at radius 2 is 2.11 bits per heavy atom. The number of carboxylic acids is 1. The number of carboxylic acid groups (broad SMARTS) is 1. The van der Waals surface area contributed by atoms with Crippen LogP contribution in [0.1, 0.15) is 16.8 Å². The van der Waals surface area contributed by atoms with Crippen molar-refractivity contribution in [1.82, 2.24) is 4.90 Å². The number of likely N-dealkylation sites (N-methyl/N-ethyl adjacent to an activating group) is 1. The molecule has 0 spiro atoms. The molecule has 0 bridgehead atoms. The number of amides is 1. The van der Waals surface area contributed by atoms with Crippen LogP contribution in [-0.4, -0.2) is 48.6 Å². The lowest BCUT2D eigenvalue weighted by Gasteiger charge is -2.23. The van der Waals surface area contributed by atoms with E-state index in [-0.39, 0.29) is 18.0 Å². The normalized spacial score (nSPS) is 16.4. The quantitative estimate of drug-likeness (QED) is 0.900. The number of rotatable bonds is 2. The Hall–Kier alpha value is -1.56. The van der Waals surface area contributed by atoms with Crippen LogP contribution < -0.4 is 4.90 Å². The summed E-state index contributed by atoms with van der Waals surface area (Å²) in [4.78, 5) is 26.7. The molecule has 0 radical (unpaired) electrons. The van der Waals surface area contributed by atoms with Gasteiger partial charge in [-0.3, -0.25) is 4.79 Å². The molecular weight excluding hydrogens is 312 g/mol. The molecule has 1 heterocycles. The van der Waals surface area contributed by atoms with Crippen molar-refractivity contribution in [2.45, 2.75) is 6.42 Å². The Morgan fingerprint density at radius 3 is 2.79 bits per heavy atom. The van der Waals surface area contributed by atoms with Gasteiger partial charge in [0.05, 0.1) is 17.8 Å². The highest BCUT2D eigenvalue weighted by molar-refractivity contribution is 9.10. The second-order valence-corrected chi connectivity index (χ2v) is 5.47. The van der Waals surface area contributed by atoms with E-state index in [0.717, 1.165) is 6.42 Å². The molecule has 5 nitrogen and oxygen atoms in total. The minimum absolute atomic E-state index is 0.0109. The van der Waals surface area contributed by atoms with Gasteiger partial charge < -0.3 is 14.9 Å². The molecule has 0 aromatic heterocycles. The number of benzene rings is 1. The Labute approximate surface area is 119 Å². The third-order valence-corrected chi connectivity index (χ3v) is 3.70. The van der Waals surface area contributed by atoms with E-state index in [1.54, 1.807) is 30.1 Å². The van der Waals surface area contributed by atoms with Crippen LogP contribution in [0.2, 0.25) is 0 Å².